The second-order valence-corrected chi connectivity index (χ2v) is 9.79. The second kappa shape index (κ2) is 12.0. The van der Waals surface area contributed by atoms with Crippen LogP contribution < -0.4 is 10.1 Å². The molecule has 0 aliphatic heterocycles. The third-order valence-electron chi connectivity index (χ3n) is 6.73. The van der Waals surface area contributed by atoms with E-state index in [1.807, 2.05) is 55.5 Å². The third kappa shape index (κ3) is 5.97. The largest absolute Gasteiger partial charge is 0.497 e. The number of aromatic nitrogens is 3. The SMILES string of the molecule is COc1ccc(NC(=O)C(c2ccc(Cl)cc2)N(Cc2ccccc2C)C(=O)Cn2nnc3ccccc32)cc1. The molecule has 0 saturated carbocycles. The van der Waals surface area contributed by atoms with E-state index in [-0.39, 0.29) is 24.9 Å². The van der Waals surface area contributed by atoms with Gasteiger partial charge in [0, 0.05) is 17.3 Å². The number of fused-ring (bicyclic) bond motifs is 1. The summed E-state index contributed by atoms with van der Waals surface area (Å²) in [5, 5.41) is 11.9. The summed E-state index contributed by atoms with van der Waals surface area (Å²) in [7, 11) is 1.58. The van der Waals surface area contributed by atoms with E-state index in [1.54, 1.807) is 65.2 Å². The Morgan fingerprint density at radius 2 is 1.65 bits per heavy atom. The molecule has 0 aliphatic carbocycles. The van der Waals surface area contributed by atoms with Crippen molar-refractivity contribution in [1.29, 1.82) is 0 Å². The van der Waals surface area contributed by atoms with Gasteiger partial charge in [0.25, 0.3) is 5.91 Å². The molecule has 0 radical (unpaired) electrons. The van der Waals surface area contributed by atoms with Gasteiger partial charge in [-0.2, -0.15) is 0 Å². The number of para-hydroxylation sites is 1. The maximum atomic E-state index is 14.1. The molecule has 1 atom stereocenters. The van der Waals surface area contributed by atoms with Crippen LogP contribution in [-0.2, 0) is 22.7 Å². The first-order chi connectivity index (χ1) is 19.4. The Kier molecular flexibility index (Phi) is 8.07. The second-order valence-electron chi connectivity index (χ2n) is 9.36. The Bertz CT molecular complexity index is 1630. The zero-order valence-electron chi connectivity index (χ0n) is 22.1. The van der Waals surface area contributed by atoms with E-state index in [0.29, 0.717) is 27.5 Å². The van der Waals surface area contributed by atoms with Crippen LogP contribution >= 0.6 is 11.6 Å². The Labute approximate surface area is 237 Å². The van der Waals surface area contributed by atoms with Gasteiger partial charge < -0.3 is 15.0 Å². The average molecular weight is 554 g/mol. The lowest BCUT2D eigenvalue weighted by Gasteiger charge is -2.32. The first-order valence-corrected chi connectivity index (χ1v) is 13.1. The van der Waals surface area contributed by atoms with Crippen LogP contribution in [0, 0.1) is 6.92 Å². The fraction of sp³-hybridized carbons (Fsp3) is 0.161. The van der Waals surface area contributed by atoms with Gasteiger partial charge in [-0.05, 0) is 72.1 Å². The zero-order chi connectivity index (χ0) is 28.1. The van der Waals surface area contributed by atoms with Gasteiger partial charge in [0.15, 0.2) is 0 Å². The molecule has 2 amide bonds. The van der Waals surface area contributed by atoms with E-state index in [4.69, 9.17) is 16.3 Å². The molecule has 5 rings (SSSR count). The van der Waals surface area contributed by atoms with Gasteiger partial charge in [0.05, 0.1) is 12.6 Å². The summed E-state index contributed by atoms with van der Waals surface area (Å²) in [6.07, 6.45) is 0. The standard InChI is InChI=1S/C31H28ClN5O3/c1-21-7-3-4-8-23(21)19-36(29(38)20-37-28-10-6-5-9-27(28)34-35-37)30(22-11-13-24(32)14-12-22)31(39)33-25-15-17-26(40-2)18-16-25/h3-18,30H,19-20H2,1-2H3,(H,33,39). The van der Waals surface area contributed by atoms with Crippen LogP contribution in [0.2, 0.25) is 5.02 Å². The zero-order valence-corrected chi connectivity index (χ0v) is 22.9. The van der Waals surface area contributed by atoms with E-state index in [2.05, 4.69) is 15.6 Å². The first-order valence-electron chi connectivity index (χ1n) is 12.8. The fourth-order valence-corrected chi connectivity index (χ4v) is 4.68. The molecule has 8 nitrogen and oxygen atoms in total. The maximum absolute atomic E-state index is 14.1. The molecule has 0 spiro atoms. The fourth-order valence-electron chi connectivity index (χ4n) is 4.55. The number of aryl methyl sites for hydroxylation is 1. The summed E-state index contributed by atoms with van der Waals surface area (Å²) in [6, 6.07) is 28.3. The van der Waals surface area contributed by atoms with Crippen LogP contribution in [0.15, 0.2) is 97.1 Å². The van der Waals surface area contributed by atoms with Gasteiger partial charge in [0.2, 0.25) is 5.91 Å². The van der Waals surface area contributed by atoms with Crippen molar-refractivity contribution in [1.82, 2.24) is 19.9 Å². The Morgan fingerprint density at radius 1 is 0.950 bits per heavy atom. The van der Waals surface area contributed by atoms with Crippen molar-refractivity contribution in [2.75, 3.05) is 12.4 Å². The van der Waals surface area contributed by atoms with Crippen molar-refractivity contribution in [2.24, 2.45) is 0 Å². The lowest BCUT2D eigenvalue weighted by atomic mass is 10.0. The number of halogens is 1. The van der Waals surface area contributed by atoms with Gasteiger partial charge in [-0.25, -0.2) is 4.68 Å². The number of carbonyl (C=O) groups is 2. The van der Waals surface area contributed by atoms with Crippen LogP contribution in [0.3, 0.4) is 0 Å². The smallest absolute Gasteiger partial charge is 0.251 e. The minimum absolute atomic E-state index is 0.0910. The number of carbonyl (C=O) groups excluding carboxylic acids is 2. The molecular formula is C31H28ClN5O3. The van der Waals surface area contributed by atoms with Crippen LogP contribution in [0.25, 0.3) is 11.0 Å². The number of hydrogen-bond acceptors (Lipinski definition) is 5. The van der Waals surface area contributed by atoms with Crippen LogP contribution in [0.1, 0.15) is 22.7 Å². The van der Waals surface area contributed by atoms with Gasteiger partial charge in [-0.1, -0.05) is 65.3 Å². The monoisotopic (exact) mass is 553 g/mol. The number of nitrogens with one attached hydrogen (secondary N) is 1. The summed E-state index contributed by atoms with van der Waals surface area (Å²) < 4.78 is 6.80. The van der Waals surface area contributed by atoms with Gasteiger partial charge in [-0.3, -0.25) is 9.59 Å². The quantitative estimate of drug-likeness (QED) is 0.249. The highest BCUT2D eigenvalue weighted by atomic mass is 35.5. The Morgan fingerprint density at radius 3 is 2.38 bits per heavy atom. The molecule has 0 saturated heterocycles. The highest BCUT2D eigenvalue weighted by Crippen LogP contribution is 2.28. The normalized spacial score (nSPS) is 11.7. The lowest BCUT2D eigenvalue weighted by Crippen LogP contribution is -2.42. The van der Waals surface area contributed by atoms with Crippen LogP contribution in [0.4, 0.5) is 5.69 Å². The predicted molar refractivity (Wildman–Crippen MR) is 155 cm³/mol. The Balaban J connectivity index is 1.55. The first kappa shape index (κ1) is 26.9. The van der Waals surface area contributed by atoms with E-state index >= 15 is 0 Å². The number of nitrogens with zero attached hydrogens (tertiary/aromatic N) is 4. The molecule has 202 valence electrons. The summed E-state index contributed by atoms with van der Waals surface area (Å²) in [4.78, 5) is 29.7. The van der Waals surface area contributed by atoms with Crippen molar-refractivity contribution >= 4 is 40.1 Å². The highest BCUT2D eigenvalue weighted by Gasteiger charge is 2.32. The van der Waals surface area contributed by atoms with E-state index in [0.717, 1.165) is 16.6 Å². The molecule has 40 heavy (non-hydrogen) atoms. The molecular weight excluding hydrogens is 526 g/mol. The molecule has 1 heterocycles. The topological polar surface area (TPSA) is 89.4 Å². The van der Waals surface area contributed by atoms with Crippen molar-refractivity contribution in [3.63, 3.8) is 0 Å². The minimum Gasteiger partial charge on any atom is -0.497 e. The van der Waals surface area contributed by atoms with Crippen LogP contribution in [0.5, 0.6) is 5.75 Å². The van der Waals surface area contributed by atoms with Gasteiger partial charge >= 0.3 is 0 Å². The number of methoxy groups -OCH3 is 1. The highest BCUT2D eigenvalue weighted by molar-refractivity contribution is 6.30. The Hall–Kier alpha value is -4.69. The van der Waals surface area contributed by atoms with Crippen molar-refractivity contribution in [3.05, 3.63) is 119 Å². The summed E-state index contributed by atoms with van der Waals surface area (Å²) >= 11 is 6.19. The molecule has 0 aliphatic rings. The van der Waals surface area contributed by atoms with Gasteiger partial charge in [-0.15, -0.1) is 5.10 Å². The number of hydrogen-bond donors (Lipinski definition) is 1. The summed E-state index contributed by atoms with van der Waals surface area (Å²) in [5.41, 5.74) is 4.56. The van der Waals surface area contributed by atoms with E-state index in [9.17, 15) is 9.59 Å². The lowest BCUT2D eigenvalue weighted by molar-refractivity contribution is -0.140. The third-order valence-corrected chi connectivity index (χ3v) is 6.98. The summed E-state index contributed by atoms with van der Waals surface area (Å²) in [5.74, 6) is 0.0188. The summed E-state index contributed by atoms with van der Waals surface area (Å²) in [6.45, 7) is 2.10. The molecule has 0 fully saturated rings. The number of rotatable bonds is 9. The minimum atomic E-state index is -0.957. The van der Waals surface area contributed by atoms with E-state index in [1.165, 1.54) is 0 Å². The van der Waals surface area contributed by atoms with Crippen LogP contribution in [-0.4, -0.2) is 38.8 Å². The molecule has 1 N–H and O–H groups in total. The van der Waals surface area contributed by atoms with Crippen molar-refractivity contribution < 1.29 is 14.3 Å². The molecule has 4 aromatic carbocycles. The van der Waals surface area contributed by atoms with E-state index < -0.39 is 6.04 Å². The predicted octanol–water partition coefficient (Wildman–Crippen LogP) is 5.81. The van der Waals surface area contributed by atoms with Gasteiger partial charge in [0.1, 0.15) is 23.9 Å². The molecule has 1 unspecified atom stereocenters. The molecule has 5 aromatic rings. The number of ether oxygens (including phenoxy) is 1. The van der Waals surface area contributed by atoms with Crippen molar-refractivity contribution in [3.8, 4) is 5.75 Å². The number of anilines is 1. The molecule has 1 aromatic heterocycles. The molecule has 0 bridgehead atoms. The molecule has 9 heteroatoms. The average Bonchev–Trinajstić information content (AvgIpc) is 3.37. The maximum Gasteiger partial charge on any atom is 0.251 e. The number of amides is 2. The van der Waals surface area contributed by atoms with Crippen molar-refractivity contribution in [2.45, 2.75) is 26.1 Å². The number of benzene rings is 4.